The summed E-state index contributed by atoms with van der Waals surface area (Å²) < 4.78 is 0. The molecule has 1 aromatic heterocycles. The van der Waals surface area contributed by atoms with Gasteiger partial charge in [0.1, 0.15) is 0 Å². The van der Waals surface area contributed by atoms with Crippen LogP contribution in [-0.4, -0.2) is 4.98 Å². The van der Waals surface area contributed by atoms with E-state index in [0.29, 0.717) is 0 Å². The van der Waals surface area contributed by atoms with Gasteiger partial charge in [-0.05, 0) is 54.7 Å². The third-order valence-corrected chi connectivity index (χ3v) is 4.50. The van der Waals surface area contributed by atoms with Gasteiger partial charge in [-0.1, -0.05) is 17.7 Å². The highest BCUT2D eigenvalue weighted by Crippen LogP contribution is 2.29. The van der Waals surface area contributed by atoms with Crippen LogP contribution in [0.3, 0.4) is 0 Å². The average Bonchev–Trinajstić information content (AvgIpc) is 2.84. The van der Waals surface area contributed by atoms with E-state index in [0.717, 1.165) is 16.5 Å². The normalized spacial score (nSPS) is 13.6. The fourth-order valence-corrected chi connectivity index (χ4v) is 3.37. The van der Waals surface area contributed by atoms with Crippen LogP contribution < -0.4 is 0 Å². The number of nitrogens with zero attached hydrogens (tertiary/aromatic N) is 1. The van der Waals surface area contributed by atoms with Crippen molar-refractivity contribution in [2.24, 2.45) is 0 Å². The topological polar surface area (TPSA) is 12.9 Å². The molecule has 2 aromatic rings. The number of aryl methyl sites for hydroxylation is 2. The van der Waals surface area contributed by atoms with Crippen molar-refractivity contribution in [3.8, 4) is 0 Å². The summed E-state index contributed by atoms with van der Waals surface area (Å²) in [4.78, 5) is 5.65. The Bertz CT molecular complexity index is 568. The summed E-state index contributed by atoms with van der Waals surface area (Å²) in [5, 5.41) is 0.759. The Morgan fingerprint density at radius 3 is 2.89 bits per heavy atom. The minimum absolute atomic E-state index is 0.759. The van der Waals surface area contributed by atoms with E-state index in [1.54, 1.807) is 6.20 Å². The molecule has 0 unspecified atom stereocenters. The van der Waals surface area contributed by atoms with Crippen LogP contribution in [0.1, 0.15) is 23.2 Å². The Morgan fingerprint density at radius 2 is 2.00 bits per heavy atom. The van der Waals surface area contributed by atoms with Crippen LogP contribution in [0.5, 0.6) is 0 Å². The first-order valence-corrected chi connectivity index (χ1v) is 7.53. The molecule has 1 heterocycles. The fourth-order valence-electron chi connectivity index (χ4n) is 2.32. The lowest BCUT2D eigenvalue weighted by atomic mass is 10.1. The second-order valence-electron chi connectivity index (χ2n) is 4.54. The number of benzene rings is 1. The van der Waals surface area contributed by atoms with Gasteiger partial charge in [-0.2, -0.15) is 0 Å². The predicted octanol–water partition coefficient (Wildman–Crippen LogP) is 4.52. The van der Waals surface area contributed by atoms with Crippen LogP contribution in [0, 0.1) is 0 Å². The maximum atomic E-state index is 5.95. The van der Waals surface area contributed by atoms with Crippen molar-refractivity contribution in [2.75, 3.05) is 0 Å². The van der Waals surface area contributed by atoms with Crippen LogP contribution in [0.25, 0.3) is 0 Å². The molecule has 3 heteroatoms. The van der Waals surface area contributed by atoms with Crippen molar-refractivity contribution < 1.29 is 0 Å². The number of fused-ring (bicyclic) bond motifs is 1. The largest absolute Gasteiger partial charge is 0.260 e. The molecule has 0 N–H and O–H groups in total. The molecule has 92 valence electrons. The number of pyridine rings is 1. The summed E-state index contributed by atoms with van der Waals surface area (Å²) in [6.45, 7) is 0. The van der Waals surface area contributed by atoms with E-state index in [1.807, 2.05) is 23.9 Å². The van der Waals surface area contributed by atoms with E-state index < -0.39 is 0 Å². The van der Waals surface area contributed by atoms with Crippen molar-refractivity contribution in [2.45, 2.75) is 29.9 Å². The molecule has 0 bridgehead atoms. The summed E-state index contributed by atoms with van der Waals surface area (Å²) in [5.74, 6) is 0.874. The van der Waals surface area contributed by atoms with Crippen molar-refractivity contribution >= 4 is 23.4 Å². The summed E-state index contributed by atoms with van der Waals surface area (Å²) in [6, 6.07) is 10.6. The summed E-state index contributed by atoms with van der Waals surface area (Å²) in [6.07, 6.45) is 5.55. The number of rotatable bonds is 3. The highest BCUT2D eigenvalue weighted by atomic mass is 35.5. The molecule has 1 nitrogen and oxygen atoms in total. The summed E-state index contributed by atoms with van der Waals surface area (Å²) >= 11 is 7.78. The third kappa shape index (κ3) is 2.70. The van der Waals surface area contributed by atoms with Crippen molar-refractivity contribution in [3.05, 3.63) is 58.4 Å². The highest BCUT2D eigenvalue weighted by Gasteiger charge is 2.10. The molecule has 0 fully saturated rings. The smallest absolute Gasteiger partial charge is 0.0521 e. The molecule has 0 spiro atoms. The Kier molecular flexibility index (Phi) is 3.57. The lowest BCUT2D eigenvalue weighted by Gasteiger charge is -2.05. The lowest BCUT2D eigenvalue weighted by molar-refractivity contribution is 0.911. The molecule has 0 radical (unpaired) electrons. The molecule has 1 aliphatic rings. The number of thioether (sulfide) groups is 1. The van der Waals surface area contributed by atoms with Gasteiger partial charge < -0.3 is 0 Å². The van der Waals surface area contributed by atoms with Crippen LogP contribution in [0.15, 0.2) is 41.4 Å². The first-order valence-electron chi connectivity index (χ1n) is 6.16. The summed E-state index contributed by atoms with van der Waals surface area (Å²) in [5.41, 5.74) is 4.09. The molecule has 0 saturated heterocycles. The third-order valence-electron chi connectivity index (χ3n) is 3.24. The Balaban J connectivity index is 1.70. The van der Waals surface area contributed by atoms with E-state index in [-0.39, 0.29) is 0 Å². The zero-order valence-corrected chi connectivity index (χ0v) is 11.6. The van der Waals surface area contributed by atoms with Gasteiger partial charge in [0.15, 0.2) is 0 Å². The van der Waals surface area contributed by atoms with Gasteiger partial charge in [0.2, 0.25) is 0 Å². The summed E-state index contributed by atoms with van der Waals surface area (Å²) in [7, 11) is 0. The minimum Gasteiger partial charge on any atom is -0.260 e. The molecule has 0 atom stereocenters. The second-order valence-corrected chi connectivity index (χ2v) is 6.02. The zero-order valence-electron chi connectivity index (χ0n) is 10.0. The van der Waals surface area contributed by atoms with E-state index in [4.69, 9.17) is 11.6 Å². The molecule has 1 aliphatic carbocycles. The second kappa shape index (κ2) is 5.33. The van der Waals surface area contributed by atoms with Crippen LogP contribution in [0.4, 0.5) is 0 Å². The Morgan fingerprint density at radius 1 is 1.11 bits per heavy atom. The number of hydrogen-bond donors (Lipinski definition) is 0. The average molecular weight is 276 g/mol. The standard InChI is InChI=1S/C15H14ClNS/c16-13-6-7-17-14(9-13)10-18-15-5-4-11-2-1-3-12(11)8-15/h4-9H,1-3,10H2. The van der Waals surface area contributed by atoms with Crippen molar-refractivity contribution in [3.63, 3.8) is 0 Å². The van der Waals surface area contributed by atoms with Crippen molar-refractivity contribution in [1.29, 1.82) is 0 Å². The first-order chi connectivity index (χ1) is 8.81. The van der Waals surface area contributed by atoms with Crippen LogP contribution >= 0.6 is 23.4 Å². The maximum Gasteiger partial charge on any atom is 0.0521 e. The van der Waals surface area contributed by atoms with Gasteiger partial charge in [-0.3, -0.25) is 4.98 Å². The molecular weight excluding hydrogens is 262 g/mol. The molecule has 0 amide bonds. The minimum atomic E-state index is 0.759. The maximum absolute atomic E-state index is 5.95. The molecule has 0 aliphatic heterocycles. The van der Waals surface area contributed by atoms with E-state index in [9.17, 15) is 0 Å². The van der Waals surface area contributed by atoms with Crippen molar-refractivity contribution in [1.82, 2.24) is 4.98 Å². The van der Waals surface area contributed by atoms with Crippen LogP contribution in [0.2, 0.25) is 5.02 Å². The fraction of sp³-hybridized carbons (Fsp3) is 0.267. The molecular formula is C15H14ClNS. The van der Waals surface area contributed by atoms with Gasteiger partial charge >= 0.3 is 0 Å². The first kappa shape index (κ1) is 12.1. The van der Waals surface area contributed by atoms with Gasteiger partial charge in [0, 0.05) is 21.9 Å². The van der Waals surface area contributed by atoms with E-state index in [1.165, 1.54) is 35.3 Å². The molecule has 1 aromatic carbocycles. The highest BCUT2D eigenvalue weighted by molar-refractivity contribution is 7.98. The van der Waals surface area contributed by atoms with Gasteiger partial charge in [-0.15, -0.1) is 11.8 Å². The molecule has 0 saturated carbocycles. The lowest BCUT2D eigenvalue weighted by Crippen LogP contribution is -1.87. The zero-order chi connectivity index (χ0) is 12.4. The molecule has 3 rings (SSSR count). The number of hydrogen-bond acceptors (Lipinski definition) is 2. The van der Waals surface area contributed by atoms with Gasteiger partial charge in [-0.25, -0.2) is 0 Å². The Hall–Kier alpha value is -0.990. The number of aromatic nitrogens is 1. The SMILES string of the molecule is Clc1ccnc(CSc2ccc3c(c2)CCC3)c1. The Labute approximate surface area is 117 Å². The van der Waals surface area contributed by atoms with Gasteiger partial charge in [0.05, 0.1) is 5.69 Å². The predicted molar refractivity (Wildman–Crippen MR) is 77.3 cm³/mol. The number of halogens is 1. The van der Waals surface area contributed by atoms with Gasteiger partial charge in [0.25, 0.3) is 0 Å². The van der Waals surface area contributed by atoms with Crippen LogP contribution in [-0.2, 0) is 18.6 Å². The monoisotopic (exact) mass is 275 g/mol. The quantitative estimate of drug-likeness (QED) is 0.764. The molecule has 18 heavy (non-hydrogen) atoms. The van der Waals surface area contributed by atoms with E-state index >= 15 is 0 Å². The van der Waals surface area contributed by atoms with E-state index in [2.05, 4.69) is 23.2 Å².